The molecule has 0 radical (unpaired) electrons. The number of halogens is 1. The van der Waals surface area contributed by atoms with Crippen molar-refractivity contribution in [3.8, 4) is 0 Å². The molecule has 27 heavy (non-hydrogen) atoms. The Labute approximate surface area is 181 Å². The Morgan fingerprint density at radius 1 is 1.19 bits per heavy atom. The lowest BCUT2D eigenvalue weighted by Gasteiger charge is -2.12. The standard InChI is InChI=1S/C21H35N3O2.HI/c1-3-18-6-8-19(9-7-18)10-13-24-21(22-4-2)23-12-5-14-25-16-20-11-15-26-17-20;/h6-9,20H,3-5,10-17H2,1-2H3,(H2,22,23,24);1H. The molecule has 0 saturated carbocycles. The predicted molar refractivity (Wildman–Crippen MR) is 123 cm³/mol. The van der Waals surface area contributed by atoms with Gasteiger partial charge < -0.3 is 20.1 Å². The van der Waals surface area contributed by atoms with Crippen molar-refractivity contribution in [2.45, 2.75) is 39.5 Å². The number of nitrogens with one attached hydrogen (secondary N) is 2. The van der Waals surface area contributed by atoms with Crippen molar-refractivity contribution >= 4 is 29.9 Å². The molecule has 6 heteroatoms. The topological polar surface area (TPSA) is 54.9 Å². The van der Waals surface area contributed by atoms with Crippen LogP contribution in [0.25, 0.3) is 0 Å². The highest BCUT2D eigenvalue weighted by atomic mass is 127. The SMILES string of the molecule is CCNC(=NCCCOCC1CCOC1)NCCc1ccc(CC)cc1.I. The number of hydrogen-bond acceptors (Lipinski definition) is 3. The number of benzene rings is 1. The van der Waals surface area contributed by atoms with E-state index in [1.807, 2.05) is 0 Å². The van der Waals surface area contributed by atoms with Crippen LogP contribution in [-0.4, -0.2) is 52.0 Å². The first kappa shape index (κ1) is 24.2. The Kier molecular flexibility index (Phi) is 13.5. The van der Waals surface area contributed by atoms with Crippen LogP contribution in [-0.2, 0) is 22.3 Å². The number of rotatable bonds is 11. The Balaban J connectivity index is 0.00000364. The fourth-order valence-electron chi connectivity index (χ4n) is 2.93. The summed E-state index contributed by atoms with van der Waals surface area (Å²) in [7, 11) is 0. The molecule has 0 amide bonds. The molecule has 1 saturated heterocycles. The normalized spacial score (nSPS) is 16.8. The van der Waals surface area contributed by atoms with Crippen molar-refractivity contribution in [2.24, 2.45) is 10.9 Å². The lowest BCUT2D eigenvalue weighted by atomic mass is 10.1. The van der Waals surface area contributed by atoms with Gasteiger partial charge in [0.05, 0.1) is 13.2 Å². The van der Waals surface area contributed by atoms with E-state index in [0.717, 1.165) is 77.7 Å². The summed E-state index contributed by atoms with van der Waals surface area (Å²) in [5.41, 5.74) is 2.74. The Morgan fingerprint density at radius 3 is 2.63 bits per heavy atom. The third-order valence-electron chi connectivity index (χ3n) is 4.58. The quantitative estimate of drug-likeness (QED) is 0.217. The molecule has 1 aliphatic rings. The first-order valence-electron chi connectivity index (χ1n) is 10.1. The molecule has 0 aliphatic carbocycles. The van der Waals surface area contributed by atoms with Gasteiger partial charge in [-0.25, -0.2) is 0 Å². The molecule has 1 aromatic rings. The van der Waals surface area contributed by atoms with E-state index in [1.54, 1.807) is 0 Å². The second-order valence-electron chi connectivity index (χ2n) is 6.77. The van der Waals surface area contributed by atoms with Gasteiger partial charge in [0.2, 0.25) is 0 Å². The fourth-order valence-corrected chi connectivity index (χ4v) is 2.93. The zero-order chi connectivity index (χ0) is 18.5. The first-order valence-corrected chi connectivity index (χ1v) is 10.1. The molecule has 1 aromatic carbocycles. The smallest absolute Gasteiger partial charge is 0.191 e. The molecule has 5 nitrogen and oxygen atoms in total. The van der Waals surface area contributed by atoms with E-state index in [4.69, 9.17) is 9.47 Å². The van der Waals surface area contributed by atoms with Crippen LogP contribution >= 0.6 is 24.0 Å². The van der Waals surface area contributed by atoms with Gasteiger partial charge >= 0.3 is 0 Å². The number of aliphatic imine (C=N–C) groups is 1. The lowest BCUT2D eigenvalue weighted by Crippen LogP contribution is -2.38. The van der Waals surface area contributed by atoms with Gasteiger partial charge in [0, 0.05) is 38.8 Å². The van der Waals surface area contributed by atoms with Crippen molar-refractivity contribution in [2.75, 3.05) is 46.1 Å². The zero-order valence-electron chi connectivity index (χ0n) is 16.8. The van der Waals surface area contributed by atoms with Gasteiger partial charge in [0.1, 0.15) is 0 Å². The molecule has 154 valence electrons. The number of ether oxygens (including phenoxy) is 2. The molecule has 0 aromatic heterocycles. The summed E-state index contributed by atoms with van der Waals surface area (Å²) in [6.07, 6.45) is 4.17. The molecule has 2 rings (SSSR count). The van der Waals surface area contributed by atoms with Crippen LogP contribution in [0.5, 0.6) is 0 Å². The number of nitrogens with zero attached hydrogens (tertiary/aromatic N) is 1. The largest absolute Gasteiger partial charge is 0.381 e. The maximum atomic E-state index is 5.73. The molecule has 0 bridgehead atoms. The molecule has 0 spiro atoms. The van der Waals surface area contributed by atoms with Gasteiger partial charge in [-0.3, -0.25) is 4.99 Å². The Bertz CT molecular complexity index is 517. The van der Waals surface area contributed by atoms with E-state index < -0.39 is 0 Å². The summed E-state index contributed by atoms with van der Waals surface area (Å²) >= 11 is 0. The third kappa shape index (κ3) is 10.3. The molecular weight excluding hydrogens is 453 g/mol. The van der Waals surface area contributed by atoms with E-state index in [2.05, 4.69) is 53.7 Å². The number of guanidine groups is 1. The highest BCUT2D eigenvalue weighted by Crippen LogP contribution is 2.12. The Hall–Kier alpha value is -0.860. The average molecular weight is 489 g/mol. The molecule has 1 fully saturated rings. The molecule has 1 unspecified atom stereocenters. The van der Waals surface area contributed by atoms with Gasteiger partial charge in [-0.2, -0.15) is 0 Å². The summed E-state index contributed by atoms with van der Waals surface area (Å²) in [5.74, 6) is 1.48. The number of aryl methyl sites for hydroxylation is 1. The van der Waals surface area contributed by atoms with E-state index >= 15 is 0 Å². The highest BCUT2D eigenvalue weighted by Gasteiger charge is 2.15. The second-order valence-corrected chi connectivity index (χ2v) is 6.77. The highest BCUT2D eigenvalue weighted by molar-refractivity contribution is 14.0. The van der Waals surface area contributed by atoms with E-state index in [1.165, 1.54) is 11.1 Å². The molecule has 1 aliphatic heterocycles. The van der Waals surface area contributed by atoms with Gasteiger partial charge in [0.25, 0.3) is 0 Å². The zero-order valence-corrected chi connectivity index (χ0v) is 19.2. The minimum Gasteiger partial charge on any atom is -0.381 e. The molecular formula is C21H36IN3O2. The summed E-state index contributed by atoms with van der Waals surface area (Å²) in [5, 5.41) is 6.72. The van der Waals surface area contributed by atoms with E-state index in [-0.39, 0.29) is 24.0 Å². The summed E-state index contributed by atoms with van der Waals surface area (Å²) in [4.78, 5) is 4.63. The Morgan fingerprint density at radius 2 is 1.96 bits per heavy atom. The van der Waals surface area contributed by atoms with Crippen molar-refractivity contribution in [3.05, 3.63) is 35.4 Å². The van der Waals surface area contributed by atoms with Crippen molar-refractivity contribution in [1.29, 1.82) is 0 Å². The second kappa shape index (κ2) is 15.1. The van der Waals surface area contributed by atoms with E-state index in [9.17, 15) is 0 Å². The van der Waals surface area contributed by atoms with Crippen LogP contribution in [0, 0.1) is 5.92 Å². The summed E-state index contributed by atoms with van der Waals surface area (Å²) in [6, 6.07) is 8.87. The van der Waals surface area contributed by atoms with Crippen LogP contribution in [0.15, 0.2) is 29.3 Å². The predicted octanol–water partition coefficient (Wildman–Crippen LogP) is 3.41. The maximum Gasteiger partial charge on any atom is 0.191 e. The minimum atomic E-state index is 0. The minimum absolute atomic E-state index is 0. The van der Waals surface area contributed by atoms with Gasteiger partial charge in [-0.05, 0) is 43.7 Å². The van der Waals surface area contributed by atoms with Crippen LogP contribution in [0.3, 0.4) is 0 Å². The average Bonchev–Trinajstić information content (AvgIpc) is 3.18. The van der Waals surface area contributed by atoms with E-state index in [0.29, 0.717) is 5.92 Å². The van der Waals surface area contributed by atoms with Crippen molar-refractivity contribution in [3.63, 3.8) is 0 Å². The van der Waals surface area contributed by atoms with Gasteiger partial charge in [-0.15, -0.1) is 24.0 Å². The summed E-state index contributed by atoms with van der Waals surface area (Å²) < 4.78 is 11.1. The van der Waals surface area contributed by atoms with Crippen LogP contribution in [0.4, 0.5) is 0 Å². The van der Waals surface area contributed by atoms with Crippen LogP contribution in [0.1, 0.15) is 37.8 Å². The van der Waals surface area contributed by atoms with Crippen molar-refractivity contribution in [1.82, 2.24) is 10.6 Å². The van der Waals surface area contributed by atoms with Crippen LogP contribution < -0.4 is 10.6 Å². The fraction of sp³-hybridized carbons (Fsp3) is 0.667. The monoisotopic (exact) mass is 489 g/mol. The molecule has 1 atom stereocenters. The summed E-state index contributed by atoms with van der Waals surface area (Å²) in [6.45, 7) is 10.1. The molecule has 1 heterocycles. The first-order chi connectivity index (χ1) is 12.8. The number of hydrogen-bond donors (Lipinski definition) is 2. The van der Waals surface area contributed by atoms with Gasteiger partial charge in [0.15, 0.2) is 5.96 Å². The van der Waals surface area contributed by atoms with Gasteiger partial charge in [-0.1, -0.05) is 31.2 Å². The maximum absolute atomic E-state index is 5.73. The third-order valence-corrected chi connectivity index (χ3v) is 4.58. The lowest BCUT2D eigenvalue weighted by molar-refractivity contribution is 0.0893. The molecule has 2 N–H and O–H groups in total. The van der Waals surface area contributed by atoms with Crippen LogP contribution in [0.2, 0.25) is 0 Å². The van der Waals surface area contributed by atoms with Crippen molar-refractivity contribution < 1.29 is 9.47 Å².